The molecule has 2 rings (SSSR count). The van der Waals surface area contributed by atoms with Crippen molar-refractivity contribution < 1.29 is 49.5 Å². The molecule has 0 radical (unpaired) electrons. The molecule has 24 heavy (non-hydrogen) atoms. The molecule has 2 aliphatic carbocycles. The van der Waals surface area contributed by atoms with Crippen molar-refractivity contribution in [1.82, 2.24) is 0 Å². The Morgan fingerprint density at radius 1 is 1.04 bits per heavy atom. The van der Waals surface area contributed by atoms with Gasteiger partial charge in [0.2, 0.25) is 0 Å². The maximum Gasteiger partial charge on any atom is -1.00 e. The Balaban J connectivity index is 0.00000264. The number of halogens is 2. The summed E-state index contributed by atoms with van der Waals surface area (Å²) in [6, 6.07) is 0. The zero-order valence-electron chi connectivity index (χ0n) is 15.2. The minimum atomic E-state index is -0.339. The van der Waals surface area contributed by atoms with Gasteiger partial charge in [-0.25, -0.2) is 0 Å². The van der Waals surface area contributed by atoms with Crippen molar-refractivity contribution in [3.8, 4) is 0 Å². The topological polar surface area (TPSA) is 0 Å². The van der Waals surface area contributed by atoms with Crippen molar-refractivity contribution in [3.63, 3.8) is 0 Å². The van der Waals surface area contributed by atoms with Crippen LogP contribution in [0.15, 0.2) is 44.3 Å². The number of hydrogen-bond acceptors (Lipinski definition) is 0. The molecule has 0 unspecified atom stereocenters. The van der Waals surface area contributed by atoms with Crippen LogP contribution >= 0.6 is 0 Å². The smallest absolute Gasteiger partial charge is 1.00 e. The van der Waals surface area contributed by atoms with Crippen LogP contribution in [0.2, 0.25) is 13.1 Å². The van der Waals surface area contributed by atoms with Crippen molar-refractivity contribution in [2.24, 2.45) is 0 Å². The average Bonchev–Trinajstić information content (AvgIpc) is 3.10. The Morgan fingerprint density at radius 2 is 1.71 bits per heavy atom. The first-order chi connectivity index (χ1) is 10.6. The molecule has 0 saturated heterocycles. The molecule has 0 atom stereocenters. The van der Waals surface area contributed by atoms with E-state index in [-0.39, 0.29) is 33.2 Å². The van der Waals surface area contributed by atoms with Crippen molar-refractivity contribution in [1.29, 1.82) is 0 Å². The standard InChI is InChI=1S/C20H29Si.2ClH.Zr/c1-4-5-6-7-8-9-14-18-15-19(21(2)3)16-20(18)17-12-10-11-13-17;;;/h10-12,15H,4-9,13-14H2,1-3H3;2*1H;/q;;;+2/p-2. The quantitative estimate of drug-likeness (QED) is 0.351. The first-order valence-electron chi connectivity index (χ1n) is 8.86. The molecule has 0 saturated carbocycles. The van der Waals surface area contributed by atoms with Crippen LogP contribution in [0.4, 0.5) is 0 Å². The number of hydrogen-bond donors (Lipinski definition) is 0. The van der Waals surface area contributed by atoms with E-state index in [9.17, 15) is 0 Å². The molecule has 0 heterocycles. The molecule has 0 N–H and O–H groups in total. The molecule has 131 valence electrons. The molecule has 0 aromatic carbocycles. The zero-order valence-corrected chi connectivity index (χ0v) is 20.2. The number of rotatable bonds is 8. The summed E-state index contributed by atoms with van der Waals surface area (Å²) < 4.78 is 1.67. The van der Waals surface area contributed by atoms with Crippen LogP contribution in [-0.2, 0) is 24.7 Å². The van der Waals surface area contributed by atoms with E-state index in [1.807, 2.05) is 0 Å². The molecule has 0 amide bonds. The summed E-state index contributed by atoms with van der Waals surface area (Å²) in [4.78, 5) is 0. The molecule has 2 aliphatic rings. The van der Waals surface area contributed by atoms with Crippen molar-refractivity contribution >= 4 is 13.6 Å². The molecule has 0 nitrogen and oxygen atoms in total. The number of unbranched alkanes of at least 4 members (excludes halogenated alkanes) is 5. The second kappa shape index (κ2) is 12.8. The summed E-state index contributed by atoms with van der Waals surface area (Å²) in [6.07, 6.45) is 20.2. The Labute approximate surface area is 177 Å². The third kappa shape index (κ3) is 6.67. The van der Waals surface area contributed by atoms with E-state index in [0.717, 1.165) is 6.42 Å². The van der Waals surface area contributed by atoms with Gasteiger partial charge in [0, 0.05) is 0 Å². The van der Waals surface area contributed by atoms with Crippen LogP contribution in [0.3, 0.4) is 0 Å². The van der Waals surface area contributed by atoms with E-state index >= 15 is 0 Å². The zero-order chi connectivity index (χ0) is 15.9. The van der Waals surface area contributed by atoms with Gasteiger partial charge in [-0.3, -0.25) is 0 Å². The van der Waals surface area contributed by atoms with Gasteiger partial charge in [0.25, 0.3) is 0 Å². The summed E-state index contributed by atoms with van der Waals surface area (Å²) in [5.74, 6) is 0. The fraction of sp³-hybridized carbons (Fsp3) is 0.550. The molecular formula is C20H29Cl2SiZr. The molecule has 4 heteroatoms. The number of allylic oxidation sites excluding steroid dienone is 8. The summed E-state index contributed by atoms with van der Waals surface area (Å²) in [6.45, 7) is 7.17. The van der Waals surface area contributed by atoms with Crippen LogP contribution in [0.1, 0.15) is 58.3 Å². The van der Waals surface area contributed by atoms with Gasteiger partial charge in [-0.1, -0.05) is 0 Å². The summed E-state index contributed by atoms with van der Waals surface area (Å²) in [7, 11) is -0.339. The van der Waals surface area contributed by atoms with Gasteiger partial charge < -0.3 is 24.8 Å². The fourth-order valence-electron chi connectivity index (χ4n) is 3.30. The first-order valence-corrected chi connectivity index (χ1v) is 12.6. The van der Waals surface area contributed by atoms with E-state index < -0.39 is 0 Å². The Hall–Kier alpha value is 0.510. The van der Waals surface area contributed by atoms with E-state index in [2.05, 4.69) is 44.3 Å². The van der Waals surface area contributed by atoms with Crippen LogP contribution in [-0.4, -0.2) is 13.6 Å². The predicted octanol–water partition coefficient (Wildman–Crippen LogP) is -0.119. The largest absolute Gasteiger partial charge is 1.00 e. The minimum Gasteiger partial charge on any atom is -1.00 e. The molecule has 0 spiro atoms. The van der Waals surface area contributed by atoms with Gasteiger partial charge in [-0.15, -0.1) is 0 Å². The molecule has 0 aromatic rings. The van der Waals surface area contributed by atoms with Gasteiger partial charge >= 0.3 is 154 Å². The van der Waals surface area contributed by atoms with Gasteiger partial charge in [-0.05, 0) is 0 Å². The second-order valence-corrected chi connectivity index (χ2v) is 10.4. The summed E-state index contributed by atoms with van der Waals surface area (Å²) >= 11 is 1.60. The third-order valence-electron chi connectivity index (χ3n) is 4.59. The minimum absolute atomic E-state index is 0. The molecule has 0 aliphatic heterocycles. The van der Waals surface area contributed by atoms with Crippen LogP contribution in [0.5, 0.6) is 0 Å². The monoisotopic (exact) mass is 457 g/mol. The fourth-order valence-corrected chi connectivity index (χ4v) is 7.20. The summed E-state index contributed by atoms with van der Waals surface area (Å²) in [5.41, 5.74) is 4.86. The van der Waals surface area contributed by atoms with Crippen molar-refractivity contribution in [2.45, 2.75) is 71.4 Å². The summed E-state index contributed by atoms with van der Waals surface area (Å²) in [5, 5.41) is 1.70. The van der Waals surface area contributed by atoms with Crippen LogP contribution < -0.4 is 24.8 Å². The van der Waals surface area contributed by atoms with E-state index in [1.165, 1.54) is 44.9 Å². The second-order valence-electron chi connectivity index (χ2n) is 6.68. The average molecular weight is 460 g/mol. The van der Waals surface area contributed by atoms with Gasteiger partial charge in [-0.2, -0.15) is 0 Å². The van der Waals surface area contributed by atoms with Gasteiger partial charge in [0.1, 0.15) is 0 Å². The van der Waals surface area contributed by atoms with Crippen molar-refractivity contribution in [3.05, 3.63) is 44.3 Å². The predicted molar refractivity (Wildman–Crippen MR) is 97.4 cm³/mol. The Morgan fingerprint density at radius 3 is 2.29 bits per heavy atom. The SMILES string of the molecule is CCCCCCCCC1=CC(=[Si](C)C)[C]([Zr+2])=C1C1=CC=CC1.[Cl-].[Cl-]. The maximum atomic E-state index is 2.57. The Kier molecular flexibility index (Phi) is 13.1. The van der Waals surface area contributed by atoms with Gasteiger partial charge in [0.05, 0.1) is 0 Å². The molecular weight excluding hydrogens is 430 g/mol. The van der Waals surface area contributed by atoms with E-state index in [0.29, 0.717) is 0 Å². The van der Waals surface area contributed by atoms with E-state index in [4.69, 9.17) is 0 Å². The molecule has 0 fully saturated rings. The van der Waals surface area contributed by atoms with E-state index in [1.54, 1.807) is 49.9 Å². The van der Waals surface area contributed by atoms with Gasteiger partial charge in [0.15, 0.2) is 0 Å². The third-order valence-corrected chi connectivity index (χ3v) is 7.95. The van der Waals surface area contributed by atoms with Crippen molar-refractivity contribution in [2.75, 3.05) is 0 Å². The van der Waals surface area contributed by atoms with Crippen LogP contribution in [0.25, 0.3) is 0 Å². The maximum absolute atomic E-state index is 2.57. The Bertz CT molecular complexity index is 564. The molecule has 0 aromatic heterocycles. The molecule has 0 bridgehead atoms. The van der Waals surface area contributed by atoms with Crippen LogP contribution in [0, 0.1) is 0 Å². The normalized spacial score (nSPS) is 16.0. The first kappa shape index (κ1) is 24.5.